The van der Waals surface area contributed by atoms with Crippen LogP contribution in [0.2, 0.25) is 0 Å². The molecular formula is C9H9NO4. The molecule has 0 bridgehead atoms. The van der Waals surface area contributed by atoms with Gasteiger partial charge in [0.1, 0.15) is 5.75 Å². The van der Waals surface area contributed by atoms with Gasteiger partial charge in [0.2, 0.25) is 6.41 Å². The summed E-state index contributed by atoms with van der Waals surface area (Å²) in [5.74, 6) is -1.32. The second-order valence-corrected chi connectivity index (χ2v) is 2.75. The number of carbonyl (C=O) groups excluding carboxylic acids is 1. The highest BCUT2D eigenvalue weighted by Gasteiger charge is 2.12. The highest BCUT2D eigenvalue weighted by atomic mass is 16.4. The fourth-order valence-corrected chi connectivity index (χ4v) is 1.06. The second kappa shape index (κ2) is 3.78. The van der Waals surface area contributed by atoms with E-state index in [4.69, 9.17) is 5.11 Å². The molecule has 0 atom stereocenters. The molecule has 0 aliphatic heterocycles. The molecule has 0 heterocycles. The Hall–Kier alpha value is -2.04. The van der Waals surface area contributed by atoms with Crippen molar-refractivity contribution in [2.24, 2.45) is 0 Å². The Kier molecular flexibility index (Phi) is 2.71. The van der Waals surface area contributed by atoms with Gasteiger partial charge >= 0.3 is 5.97 Å². The van der Waals surface area contributed by atoms with Gasteiger partial charge in [-0.3, -0.25) is 4.79 Å². The van der Waals surface area contributed by atoms with E-state index in [1.807, 2.05) is 0 Å². The molecule has 1 aromatic carbocycles. The van der Waals surface area contributed by atoms with Crippen LogP contribution in [-0.4, -0.2) is 22.6 Å². The maximum Gasteiger partial charge on any atom is 0.337 e. The van der Waals surface area contributed by atoms with E-state index in [9.17, 15) is 14.7 Å². The number of phenols is 1. The Morgan fingerprint density at radius 3 is 2.64 bits per heavy atom. The van der Waals surface area contributed by atoms with Crippen molar-refractivity contribution in [2.75, 3.05) is 5.32 Å². The average molecular weight is 195 g/mol. The fourth-order valence-electron chi connectivity index (χ4n) is 1.06. The Balaban J connectivity index is 3.30. The van der Waals surface area contributed by atoms with E-state index in [-0.39, 0.29) is 17.0 Å². The van der Waals surface area contributed by atoms with E-state index in [2.05, 4.69) is 5.32 Å². The van der Waals surface area contributed by atoms with Crippen molar-refractivity contribution < 1.29 is 19.8 Å². The molecular weight excluding hydrogens is 186 g/mol. The third-order valence-electron chi connectivity index (χ3n) is 1.78. The van der Waals surface area contributed by atoms with E-state index in [0.29, 0.717) is 12.0 Å². The number of rotatable bonds is 3. The van der Waals surface area contributed by atoms with E-state index in [0.717, 1.165) is 6.07 Å². The van der Waals surface area contributed by atoms with Gasteiger partial charge in [0.05, 0.1) is 11.3 Å². The second-order valence-electron chi connectivity index (χ2n) is 2.75. The molecule has 3 N–H and O–H groups in total. The number of aromatic carboxylic acids is 1. The fraction of sp³-hybridized carbons (Fsp3) is 0.111. The maximum atomic E-state index is 10.7. The largest absolute Gasteiger partial charge is 0.508 e. The molecule has 0 saturated carbocycles. The number of carboxylic acids is 1. The highest BCUT2D eigenvalue weighted by molar-refractivity contribution is 5.97. The van der Waals surface area contributed by atoms with Crippen molar-refractivity contribution in [1.82, 2.24) is 0 Å². The molecule has 5 heteroatoms. The van der Waals surface area contributed by atoms with E-state index in [1.165, 1.54) is 6.07 Å². The van der Waals surface area contributed by atoms with Crippen molar-refractivity contribution in [1.29, 1.82) is 0 Å². The molecule has 1 rings (SSSR count). The summed E-state index contributed by atoms with van der Waals surface area (Å²) in [6.07, 6.45) is 0.387. The molecule has 74 valence electrons. The smallest absolute Gasteiger partial charge is 0.337 e. The highest BCUT2D eigenvalue weighted by Crippen LogP contribution is 2.25. The van der Waals surface area contributed by atoms with Crippen LogP contribution in [0.15, 0.2) is 12.1 Å². The lowest BCUT2D eigenvalue weighted by molar-refractivity contribution is -0.105. The Morgan fingerprint density at radius 2 is 2.14 bits per heavy atom. The standard InChI is InChI=1S/C9H9NO4/c1-5-2-7(10-4-11)6(9(13)14)3-8(5)12/h2-4,12H,1H3,(H,10,11)(H,13,14). The SMILES string of the molecule is Cc1cc(NC=O)c(C(=O)O)cc1O. The van der Waals surface area contributed by atoms with Crippen molar-refractivity contribution in [3.63, 3.8) is 0 Å². The number of nitrogens with one attached hydrogen (secondary N) is 1. The van der Waals surface area contributed by atoms with E-state index in [1.54, 1.807) is 6.92 Å². The predicted octanol–water partition coefficient (Wildman–Crippen LogP) is 0.967. The molecule has 14 heavy (non-hydrogen) atoms. The minimum absolute atomic E-state index is 0.112. The number of hydrogen-bond donors (Lipinski definition) is 3. The first-order valence-electron chi connectivity index (χ1n) is 3.83. The lowest BCUT2D eigenvalue weighted by Gasteiger charge is -2.07. The zero-order valence-corrected chi connectivity index (χ0v) is 7.44. The number of carbonyl (C=O) groups is 2. The van der Waals surface area contributed by atoms with Crippen molar-refractivity contribution in [2.45, 2.75) is 6.92 Å². The van der Waals surface area contributed by atoms with Crippen LogP contribution in [0.1, 0.15) is 15.9 Å². The number of carboxylic acid groups (broad SMARTS) is 1. The maximum absolute atomic E-state index is 10.7. The van der Waals surface area contributed by atoms with Crippen molar-refractivity contribution in [3.05, 3.63) is 23.3 Å². The molecule has 1 amide bonds. The van der Waals surface area contributed by atoms with E-state index >= 15 is 0 Å². The summed E-state index contributed by atoms with van der Waals surface area (Å²) in [4.78, 5) is 20.9. The molecule has 0 aliphatic rings. The first kappa shape index (κ1) is 10.0. The summed E-state index contributed by atoms with van der Waals surface area (Å²) in [6.45, 7) is 1.61. The third kappa shape index (κ3) is 1.82. The van der Waals surface area contributed by atoms with Gasteiger partial charge in [0, 0.05) is 0 Å². The van der Waals surface area contributed by atoms with Gasteiger partial charge in [-0.2, -0.15) is 0 Å². The van der Waals surface area contributed by atoms with Gasteiger partial charge in [0.25, 0.3) is 0 Å². The third-order valence-corrected chi connectivity index (χ3v) is 1.78. The van der Waals surface area contributed by atoms with Crippen LogP contribution in [-0.2, 0) is 4.79 Å². The molecule has 0 aromatic heterocycles. The summed E-state index contributed by atoms with van der Waals surface area (Å²) in [5.41, 5.74) is 0.530. The van der Waals surface area contributed by atoms with Gasteiger partial charge in [0.15, 0.2) is 0 Å². The normalized spacial score (nSPS) is 9.50. The lowest BCUT2D eigenvalue weighted by atomic mass is 10.1. The molecule has 0 unspecified atom stereocenters. The molecule has 0 saturated heterocycles. The van der Waals surface area contributed by atoms with Crippen LogP contribution >= 0.6 is 0 Å². The summed E-state index contributed by atoms with van der Waals surface area (Å²) in [5, 5.41) is 20.3. The summed E-state index contributed by atoms with van der Waals surface area (Å²) in [6, 6.07) is 2.50. The van der Waals surface area contributed by atoms with Crippen LogP contribution in [0.5, 0.6) is 5.75 Å². The van der Waals surface area contributed by atoms with Crippen molar-refractivity contribution in [3.8, 4) is 5.75 Å². The zero-order chi connectivity index (χ0) is 10.7. The Labute approximate surface area is 80.0 Å². The average Bonchev–Trinajstić information content (AvgIpc) is 2.11. The minimum Gasteiger partial charge on any atom is -0.508 e. The van der Waals surface area contributed by atoms with Gasteiger partial charge in [-0.15, -0.1) is 0 Å². The van der Waals surface area contributed by atoms with Crippen LogP contribution in [0.4, 0.5) is 5.69 Å². The van der Waals surface area contributed by atoms with Crippen molar-refractivity contribution >= 4 is 18.1 Å². The summed E-state index contributed by atoms with van der Waals surface area (Å²) >= 11 is 0. The zero-order valence-electron chi connectivity index (χ0n) is 7.44. The quantitative estimate of drug-likeness (QED) is 0.495. The van der Waals surface area contributed by atoms with Gasteiger partial charge in [-0.1, -0.05) is 0 Å². The Morgan fingerprint density at radius 1 is 1.50 bits per heavy atom. The predicted molar refractivity (Wildman–Crippen MR) is 49.5 cm³/mol. The number of aryl methyl sites for hydroxylation is 1. The number of phenolic OH excluding ortho intramolecular Hbond substituents is 1. The number of benzene rings is 1. The van der Waals surface area contributed by atoms with Crippen LogP contribution in [0, 0.1) is 6.92 Å². The van der Waals surface area contributed by atoms with E-state index < -0.39 is 5.97 Å². The van der Waals surface area contributed by atoms with Crippen LogP contribution in [0.25, 0.3) is 0 Å². The number of hydrogen-bond acceptors (Lipinski definition) is 3. The minimum atomic E-state index is -1.20. The number of amides is 1. The molecule has 0 fully saturated rings. The topological polar surface area (TPSA) is 86.6 Å². The summed E-state index contributed by atoms with van der Waals surface area (Å²) in [7, 11) is 0. The van der Waals surface area contributed by atoms with Crippen LogP contribution in [0.3, 0.4) is 0 Å². The molecule has 0 spiro atoms. The Bertz CT molecular complexity index is 387. The number of anilines is 1. The monoisotopic (exact) mass is 195 g/mol. The summed E-state index contributed by atoms with van der Waals surface area (Å²) < 4.78 is 0. The van der Waals surface area contributed by atoms with Crippen LogP contribution < -0.4 is 5.32 Å². The molecule has 0 aliphatic carbocycles. The van der Waals surface area contributed by atoms with Gasteiger partial charge in [-0.25, -0.2) is 4.79 Å². The first-order chi connectivity index (χ1) is 6.56. The molecule has 0 radical (unpaired) electrons. The first-order valence-corrected chi connectivity index (χ1v) is 3.83. The van der Waals surface area contributed by atoms with Gasteiger partial charge < -0.3 is 15.5 Å². The lowest BCUT2D eigenvalue weighted by Crippen LogP contribution is -2.04. The molecule has 5 nitrogen and oxygen atoms in total. The molecule has 1 aromatic rings. The van der Waals surface area contributed by atoms with Gasteiger partial charge in [-0.05, 0) is 24.6 Å². The number of aromatic hydroxyl groups is 1.